The third-order valence-electron chi connectivity index (χ3n) is 4.52. The van der Waals surface area contributed by atoms with Crippen LogP contribution in [0.4, 0.5) is 0 Å². The molecule has 0 amide bonds. The topological polar surface area (TPSA) is 114 Å². The molecule has 3 aromatic rings. The van der Waals surface area contributed by atoms with E-state index in [0.29, 0.717) is 11.4 Å². The quantitative estimate of drug-likeness (QED) is 0.658. The third-order valence-corrected chi connectivity index (χ3v) is 6.18. The van der Waals surface area contributed by atoms with Crippen LogP contribution in [0.1, 0.15) is 24.3 Å². The SMILES string of the molecule is O=CO.O=S(=O)(c1cccnc1)n1cc(C2CCNCC2)c2ncccc21. The molecule has 0 unspecified atom stereocenters. The number of nitrogens with zero attached hydrogens (tertiary/aromatic N) is 3. The van der Waals surface area contributed by atoms with Crippen LogP contribution in [0.2, 0.25) is 0 Å². The van der Waals surface area contributed by atoms with Crippen molar-refractivity contribution in [3.8, 4) is 0 Å². The fraction of sp³-hybridized carbons (Fsp3) is 0.278. The first-order chi connectivity index (χ1) is 13.1. The van der Waals surface area contributed by atoms with Crippen LogP contribution >= 0.6 is 0 Å². The maximum absolute atomic E-state index is 13.0. The maximum atomic E-state index is 13.0. The van der Waals surface area contributed by atoms with Gasteiger partial charge in [0.1, 0.15) is 4.90 Å². The number of aromatic nitrogens is 3. The molecule has 1 fully saturated rings. The molecule has 4 heterocycles. The highest BCUT2D eigenvalue weighted by Gasteiger charge is 2.26. The van der Waals surface area contributed by atoms with Gasteiger partial charge in [-0.3, -0.25) is 14.8 Å². The van der Waals surface area contributed by atoms with Crippen molar-refractivity contribution in [1.29, 1.82) is 0 Å². The molecule has 142 valence electrons. The monoisotopic (exact) mass is 388 g/mol. The highest BCUT2D eigenvalue weighted by molar-refractivity contribution is 7.90. The fourth-order valence-electron chi connectivity index (χ4n) is 3.30. The average Bonchev–Trinajstić information content (AvgIpc) is 3.10. The van der Waals surface area contributed by atoms with Gasteiger partial charge in [0, 0.05) is 30.4 Å². The van der Waals surface area contributed by atoms with Gasteiger partial charge in [-0.25, -0.2) is 12.4 Å². The highest BCUT2D eigenvalue weighted by Crippen LogP contribution is 2.33. The molecule has 2 N–H and O–H groups in total. The van der Waals surface area contributed by atoms with Gasteiger partial charge in [0.15, 0.2) is 0 Å². The zero-order valence-electron chi connectivity index (χ0n) is 14.5. The standard InChI is InChI=1S/C17H18N4O2S.CH2O2/c22-24(23,14-3-1-7-19-11-14)21-12-15(13-5-9-18-10-6-13)17-16(21)4-2-8-20-17;2-1-3/h1-4,7-8,11-13,18H,5-6,9-10H2;1H,(H,2,3). The smallest absolute Gasteiger partial charge is 0.290 e. The van der Waals surface area contributed by atoms with Crippen molar-refractivity contribution in [2.24, 2.45) is 0 Å². The Balaban J connectivity index is 0.000000659. The Kier molecular flexibility index (Phi) is 5.82. The van der Waals surface area contributed by atoms with E-state index < -0.39 is 10.0 Å². The molecule has 4 rings (SSSR count). The molecule has 8 nitrogen and oxygen atoms in total. The molecule has 3 aromatic heterocycles. The summed E-state index contributed by atoms with van der Waals surface area (Å²) in [6.45, 7) is 1.64. The molecule has 0 bridgehead atoms. The van der Waals surface area contributed by atoms with E-state index in [1.54, 1.807) is 42.9 Å². The minimum atomic E-state index is -3.68. The van der Waals surface area contributed by atoms with Crippen molar-refractivity contribution in [1.82, 2.24) is 19.3 Å². The first-order valence-corrected chi connectivity index (χ1v) is 9.93. The van der Waals surface area contributed by atoms with Gasteiger partial charge in [-0.05, 0) is 56.1 Å². The Morgan fingerprint density at radius 3 is 2.56 bits per heavy atom. The zero-order valence-corrected chi connectivity index (χ0v) is 15.3. The molecule has 0 aromatic carbocycles. The van der Waals surface area contributed by atoms with Gasteiger partial charge in [0.2, 0.25) is 0 Å². The molecule has 0 saturated carbocycles. The number of rotatable bonds is 3. The summed E-state index contributed by atoms with van der Waals surface area (Å²) in [6, 6.07) is 6.77. The molecule has 1 aliphatic rings. The Morgan fingerprint density at radius 1 is 1.19 bits per heavy atom. The number of piperidine rings is 1. The van der Waals surface area contributed by atoms with Gasteiger partial charge >= 0.3 is 0 Å². The number of hydrogen-bond acceptors (Lipinski definition) is 6. The van der Waals surface area contributed by atoms with Crippen LogP contribution in [-0.4, -0.2) is 47.0 Å². The Bertz CT molecular complexity index is 1010. The lowest BCUT2D eigenvalue weighted by atomic mass is 9.91. The van der Waals surface area contributed by atoms with Crippen LogP contribution in [-0.2, 0) is 14.8 Å². The fourth-order valence-corrected chi connectivity index (χ4v) is 4.63. The van der Waals surface area contributed by atoms with Gasteiger partial charge in [0.05, 0.1) is 11.0 Å². The van der Waals surface area contributed by atoms with Crippen LogP contribution in [0, 0.1) is 0 Å². The normalized spacial score (nSPS) is 15.1. The third kappa shape index (κ3) is 3.83. The maximum Gasteiger partial charge on any atom is 0.290 e. The van der Waals surface area contributed by atoms with E-state index in [-0.39, 0.29) is 11.4 Å². The molecule has 0 spiro atoms. The summed E-state index contributed by atoms with van der Waals surface area (Å²) >= 11 is 0. The van der Waals surface area contributed by atoms with Crippen molar-refractivity contribution < 1.29 is 18.3 Å². The molecule has 1 aliphatic heterocycles. The van der Waals surface area contributed by atoms with Crippen LogP contribution in [0.5, 0.6) is 0 Å². The predicted octanol–water partition coefficient (Wildman–Crippen LogP) is 1.84. The average molecular weight is 388 g/mol. The lowest BCUT2D eigenvalue weighted by Crippen LogP contribution is -2.26. The summed E-state index contributed by atoms with van der Waals surface area (Å²) < 4.78 is 27.4. The Hall–Kier alpha value is -2.78. The van der Waals surface area contributed by atoms with E-state index in [0.717, 1.165) is 37.0 Å². The number of hydrogen-bond donors (Lipinski definition) is 2. The molecule has 27 heavy (non-hydrogen) atoms. The summed E-state index contributed by atoms with van der Waals surface area (Å²) in [5.74, 6) is 0.328. The van der Waals surface area contributed by atoms with E-state index in [9.17, 15) is 8.42 Å². The van der Waals surface area contributed by atoms with Crippen molar-refractivity contribution >= 4 is 27.5 Å². The number of carbonyl (C=O) groups is 1. The van der Waals surface area contributed by atoms with Crippen LogP contribution in [0.25, 0.3) is 11.0 Å². The van der Waals surface area contributed by atoms with Crippen LogP contribution in [0.3, 0.4) is 0 Å². The lowest BCUT2D eigenvalue weighted by Gasteiger charge is -2.21. The van der Waals surface area contributed by atoms with Crippen molar-refractivity contribution in [3.63, 3.8) is 0 Å². The second-order valence-corrected chi connectivity index (χ2v) is 7.89. The van der Waals surface area contributed by atoms with E-state index in [4.69, 9.17) is 9.90 Å². The van der Waals surface area contributed by atoms with E-state index >= 15 is 0 Å². The van der Waals surface area contributed by atoms with Crippen LogP contribution < -0.4 is 5.32 Å². The Morgan fingerprint density at radius 2 is 1.89 bits per heavy atom. The molecule has 1 saturated heterocycles. The lowest BCUT2D eigenvalue weighted by molar-refractivity contribution is -0.122. The summed E-state index contributed by atoms with van der Waals surface area (Å²) in [5.41, 5.74) is 2.41. The molecule has 9 heteroatoms. The minimum Gasteiger partial charge on any atom is -0.483 e. The minimum absolute atomic E-state index is 0.183. The second-order valence-electron chi connectivity index (χ2n) is 6.07. The van der Waals surface area contributed by atoms with Gasteiger partial charge in [-0.15, -0.1) is 0 Å². The zero-order chi connectivity index (χ0) is 19.3. The van der Waals surface area contributed by atoms with E-state index in [2.05, 4.69) is 15.3 Å². The first kappa shape index (κ1) is 19.0. The predicted molar refractivity (Wildman–Crippen MR) is 100 cm³/mol. The van der Waals surface area contributed by atoms with Crippen molar-refractivity contribution in [2.75, 3.05) is 13.1 Å². The van der Waals surface area contributed by atoms with Crippen molar-refractivity contribution in [3.05, 3.63) is 54.6 Å². The summed E-state index contributed by atoms with van der Waals surface area (Å²) in [5, 5.41) is 10.2. The second kappa shape index (κ2) is 8.28. The summed E-state index contributed by atoms with van der Waals surface area (Å²) in [7, 11) is -3.68. The summed E-state index contributed by atoms with van der Waals surface area (Å²) in [4.78, 5) is 16.9. The highest BCUT2D eigenvalue weighted by atomic mass is 32.2. The summed E-state index contributed by atoms with van der Waals surface area (Å²) in [6.07, 6.45) is 8.38. The molecular weight excluding hydrogens is 368 g/mol. The van der Waals surface area contributed by atoms with Gasteiger partial charge < -0.3 is 10.4 Å². The molecule has 0 atom stereocenters. The largest absolute Gasteiger partial charge is 0.483 e. The first-order valence-electron chi connectivity index (χ1n) is 8.49. The number of nitrogens with one attached hydrogen (secondary N) is 1. The van der Waals surface area contributed by atoms with Gasteiger partial charge in [0.25, 0.3) is 16.5 Å². The van der Waals surface area contributed by atoms with Gasteiger partial charge in [-0.2, -0.15) is 0 Å². The molecular formula is C18H20N4O4S. The van der Waals surface area contributed by atoms with E-state index in [1.165, 1.54) is 10.2 Å². The molecule has 0 radical (unpaired) electrons. The van der Waals surface area contributed by atoms with E-state index in [1.807, 2.05) is 0 Å². The Labute approximate surface area is 156 Å². The molecule has 0 aliphatic carbocycles. The number of fused-ring (bicyclic) bond motifs is 1. The van der Waals surface area contributed by atoms with Crippen molar-refractivity contribution in [2.45, 2.75) is 23.7 Å². The van der Waals surface area contributed by atoms with Crippen LogP contribution in [0.15, 0.2) is 53.9 Å². The number of pyridine rings is 2. The van der Waals surface area contributed by atoms with Gasteiger partial charge in [-0.1, -0.05) is 0 Å². The number of carboxylic acid groups (broad SMARTS) is 1.